The molecule has 0 aliphatic rings. The van der Waals surface area contributed by atoms with Gasteiger partial charge < -0.3 is 13.3 Å². The van der Waals surface area contributed by atoms with Crippen LogP contribution in [0.2, 0.25) is 13.1 Å². The molecular weight excluding hydrogens is 312 g/mol. The van der Waals surface area contributed by atoms with Crippen LogP contribution in [-0.4, -0.2) is 27.9 Å². The molecule has 4 nitrogen and oxygen atoms in total. The van der Waals surface area contributed by atoms with Gasteiger partial charge in [-0.15, -0.1) is 0 Å². The van der Waals surface area contributed by atoms with Gasteiger partial charge in [0.15, 0.2) is 0 Å². The highest BCUT2D eigenvalue weighted by Crippen LogP contribution is 2.15. The molecule has 2 rings (SSSR count). The van der Waals surface area contributed by atoms with Crippen LogP contribution in [0.4, 0.5) is 0 Å². The molecule has 6 heteroatoms. The largest absolute Gasteiger partial charge is 0.495 e. The summed E-state index contributed by atoms with van der Waals surface area (Å²) in [4.78, 5) is 22.6. The fourth-order valence-electron chi connectivity index (χ4n) is 2.34. The van der Waals surface area contributed by atoms with Crippen LogP contribution in [0, 0.1) is 0 Å². The minimum atomic E-state index is -3.42. The minimum Gasteiger partial charge on any atom is -0.495 e. The van der Waals surface area contributed by atoms with E-state index >= 15 is 0 Å². The van der Waals surface area contributed by atoms with Crippen molar-refractivity contribution >= 4 is 33.5 Å². The molecule has 0 aromatic heterocycles. The van der Waals surface area contributed by atoms with Gasteiger partial charge in [-0.25, -0.2) is 0 Å². The molecule has 0 aliphatic carbocycles. The zero-order chi connectivity index (χ0) is 16.2. The maximum absolute atomic E-state index is 11.4. The molecule has 0 saturated carbocycles. The van der Waals surface area contributed by atoms with E-state index < -0.39 is 23.1 Å². The molecule has 0 spiro atoms. The molecule has 0 radical (unpaired) electrons. The number of carbonyl (C=O) groups is 1. The van der Waals surface area contributed by atoms with Gasteiger partial charge in [0, 0.05) is 6.92 Å². The van der Waals surface area contributed by atoms with E-state index in [1.165, 1.54) is 6.92 Å². The molecule has 0 aliphatic heterocycles. The highest BCUT2D eigenvalue weighted by Gasteiger charge is 2.46. The van der Waals surface area contributed by atoms with Crippen LogP contribution >= 0.6 is 0 Å². The number of rotatable bonds is 5. The van der Waals surface area contributed by atoms with E-state index in [-0.39, 0.29) is 0 Å². The molecule has 116 valence electrons. The molecule has 0 heterocycles. The van der Waals surface area contributed by atoms with Gasteiger partial charge in [0.05, 0.1) is 0 Å². The Balaban J connectivity index is 2.45. The van der Waals surface area contributed by atoms with Gasteiger partial charge in [-0.3, -0.25) is 4.79 Å². The number of hydrogen-bond acceptors (Lipinski definition) is 4. The first-order valence-corrected chi connectivity index (χ1v) is 11.7. The summed E-state index contributed by atoms with van der Waals surface area (Å²) < 4.78 is 11.4. The van der Waals surface area contributed by atoms with Crippen LogP contribution in [0.3, 0.4) is 0 Å². The molecular formula is C16H20O4Si2. The van der Waals surface area contributed by atoms with Gasteiger partial charge in [0.25, 0.3) is 5.97 Å². The van der Waals surface area contributed by atoms with Gasteiger partial charge in [-0.2, -0.15) is 0 Å². The van der Waals surface area contributed by atoms with Gasteiger partial charge in [-0.05, 0) is 23.5 Å². The Morgan fingerprint density at radius 1 is 0.909 bits per heavy atom. The average molecular weight is 333 g/mol. The van der Waals surface area contributed by atoms with Crippen LogP contribution in [0.5, 0.6) is 0 Å². The fraction of sp³-hybridized carbons (Fsp3) is 0.188. The maximum Gasteiger partial charge on any atom is 0.396 e. The lowest BCUT2D eigenvalue weighted by molar-refractivity contribution is -0.133. The predicted octanol–water partition coefficient (Wildman–Crippen LogP) is 1.52. The van der Waals surface area contributed by atoms with E-state index in [1.54, 1.807) is 13.1 Å². The van der Waals surface area contributed by atoms with Crippen LogP contribution in [0.1, 0.15) is 6.92 Å². The molecule has 0 saturated heterocycles. The summed E-state index contributed by atoms with van der Waals surface area (Å²) in [6.45, 7) is 4.88. The van der Waals surface area contributed by atoms with Gasteiger partial charge in [0.1, 0.15) is 0 Å². The van der Waals surface area contributed by atoms with Crippen LogP contribution in [0.15, 0.2) is 60.7 Å². The number of carbonyl (C=O) groups excluding carboxylic acids is 1. The fourth-order valence-corrected chi connectivity index (χ4v) is 8.60. The summed E-state index contributed by atoms with van der Waals surface area (Å²) in [5.74, 6) is -0.394. The zero-order valence-corrected chi connectivity index (χ0v) is 14.9. The molecule has 0 atom stereocenters. The Labute approximate surface area is 132 Å². The first kappa shape index (κ1) is 16.6. The summed E-state index contributed by atoms with van der Waals surface area (Å²) in [5.41, 5.74) is 0. The van der Waals surface area contributed by atoms with E-state index in [9.17, 15) is 9.59 Å². The molecule has 2 aromatic rings. The average Bonchev–Trinajstić information content (AvgIpc) is 2.47. The summed E-state index contributed by atoms with van der Waals surface area (Å²) >= 11 is 0. The second kappa shape index (κ2) is 6.57. The molecule has 0 unspecified atom stereocenters. The molecule has 0 bridgehead atoms. The van der Waals surface area contributed by atoms with Crippen molar-refractivity contribution in [2.24, 2.45) is 0 Å². The Morgan fingerprint density at radius 2 is 1.32 bits per heavy atom. The molecule has 2 aromatic carbocycles. The van der Waals surface area contributed by atoms with E-state index in [0.717, 1.165) is 10.4 Å². The van der Waals surface area contributed by atoms with E-state index in [4.69, 9.17) is 8.54 Å². The lowest BCUT2D eigenvalue weighted by Gasteiger charge is -2.33. The lowest BCUT2D eigenvalue weighted by atomic mass is 10.4. The summed E-state index contributed by atoms with van der Waals surface area (Å²) in [6.07, 6.45) is 0. The van der Waals surface area contributed by atoms with E-state index in [2.05, 4.69) is 0 Å². The monoisotopic (exact) mass is 332 g/mol. The van der Waals surface area contributed by atoms with Crippen molar-refractivity contribution in [3.63, 3.8) is 0 Å². The Morgan fingerprint density at radius 3 is 1.68 bits per heavy atom. The second-order valence-corrected chi connectivity index (χ2v) is 11.7. The molecule has 0 fully saturated rings. The van der Waals surface area contributed by atoms with Crippen molar-refractivity contribution in [1.82, 2.24) is 0 Å². The molecule has 0 amide bonds. The number of hydrogen-bond donors (Lipinski definition) is 1. The summed E-state index contributed by atoms with van der Waals surface area (Å²) in [5, 5.41) is 1.46. The normalized spacial score (nSPS) is 12.0. The van der Waals surface area contributed by atoms with Crippen LogP contribution in [-0.2, 0) is 13.3 Å². The van der Waals surface area contributed by atoms with Crippen LogP contribution < -0.4 is 10.4 Å². The zero-order valence-electron chi connectivity index (χ0n) is 12.9. The third kappa shape index (κ3) is 3.92. The maximum atomic E-state index is 11.4. The van der Waals surface area contributed by atoms with Crippen LogP contribution in [0.25, 0.3) is 0 Å². The van der Waals surface area contributed by atoms with Gasteiger partial charge in [-0.1, -0.05) is 60.7 Å². The highest BCUT2D eigenvalue weighted by atomic mass is 28.5. The van der Waals surface area contributed by atoms with Crippen molar-refractivity contribution < 1.29 is 18.1 Å². The molecule has 22 heavy (non-hydrogen) atoms. The third-order valence-corrected chi connectivity index (χ3v) is 9.27. The van der Waals surface area contributed by atoms with Gasteiger partial charge in [0.2, 0.25) is 0 Å². The van der Waals surface area contributed by atoms with Crippen molar-refractivity contribution in [1.29, 1.82) is 0 Å². The Kier molecular flexibility index (Phi) is 4.97. The first-order chi connectivity index (χ1) is 10.3. The van der Waals surface area contributed by atoms with Crippen molar-refractivity contribution in [2.75, 3.05) is 0 Å². The lowest BCUT2D eigenvalue weighted by Crippen LogP contribution is -2.66. The third-order valence-electron chi connectivity index (χ3n) is 3.11. The summed E-state index contributed by atoms with van der Waals surface area (Å²) in [7, 11) is -6.22. The van der Waals surface area contributed by atoms with Crippen molar-refractivity contribution in [2.45, 2.75) is 20.0 Å². The smallest absolute Gasteiger partial charge is 0.396 e. The highest BCUT2D eigenvalue weighted by molar-refractivity contribution is 6.96. The number of benzene rings is 2. The SMILES string of the molecule is CC(=O)O[Si](C)(C)O[Si](O)(c1ccccc1)c1ccccc1. The van der Waals surface area contributed by atoms with E-state index in [0.29, 0.717) is 0 Å². The molecule has 1 N–H and O–H groups in total. The minimum absolute atomic E-state index is 0.394. The van der Waals surface area contributed by atoms with Crippen molar-refractivity contribution in [3.8, 4) is 0 Å². The first-order valence-electron chi connectivity index (χ1n) is 7.07. The summed E-state index contributed by atoms with van der Waals surface area (Å²) in [6, 6.07) is 18.6. The van der Waals surface area contributed by atoms with Crippen molar-refractivity contribution in [3.05, 3.63) is 60.7 Å². The van der Waals surface area contributed by atoms with E-state index in [1.807, 2.05) is 60.7 Å². The van der Waals surface area contributed by atoms with Gasteiger partial charge >= 0.3 is 17.1 Å². The standard InChI is InChI=1S/C16H20O4Si2/c1-14(17)19-21(2,3)20-22(18,15-10-6-4-7-11-15)16-12-8-5-9-13-16/h4-13,18H,1-3H3. The Bertz CT molecular complexity index is 590. The quantitative estimate of drug-likeness (QED) is 0.844. The Hall–Kier alpha value is -1.74. The predicted molar refractivity (Wildman–Crippen MR) is 90.5 cm³/mol. The topological polar surface area (TPSA) is 55.8 Å². The second-order valence-electron chi connectivity index (χ2n) is 5.47.